The van der Waals surface area contributed by atoms with E-state index in [0.29, 0.717) is 0 Å². The van der Waals surface area contributed by atoms with Crippen LogP contribution in [0.3, 0.4) is 0 Å². The summed E-state index contributed by atoms with van der Waals surface area (Å²) in [7, 11) is 0. The van der Waals surface area contributed by atoms with Gasteiger partial charge in [-0.1, -0.05) is 69.3 Å². The van der Waals surface area contributed by atoms with E-state index in [4.69, 9.17) is 4.98 Å². The van der Waals surface area contributed by atoms with Gasteiger partial charge in [0.15, 0.2) is 5.13 Å². The molecule has 0 saturated carbocycles. The van der Waals surface area contributed by atoms with Crippen molar-refractivity contribution in [2.75, 3.05) is 11.9 Å². The van der Waals surface area contributed by atoms with Crippen molar-refractivity contribution in [3.63, 3.8) is 0 Å². The van der Waals surface area contributed by atoms with Crippen molar-refractivity contribution in [2.24, 2.45) is 0 Å². The molecule has 30 heavy (non-hydrogen) atoms. The summed E-state index contributed by atoms with van der Waals surface area (Å²) in [4.78, 5) is 16.5. The van der Waals surface area contributed by atoms with E-state index in [1.807, 2.05) is 0 Å². The Morgan fingerprint density at radius 2 is 1.77 bits per heavy atom. The highest BCUT2D eigenvalue weighted by molar-refractivity contribution is 8.01. The van der Waals surface area contributed by atoms with Gasteiger partial charge in [0, 0.05) is 29.1 Å². The number of unbranched alkanes of at least 4 members (excludes halogenated alkanes) is 1. The predicted molar refractivity (Wildman–Crippen MR) is 127 cm³/mol. The normalized spacial score (nSPS) is 11.5. The van der Waals surface area contributed by atoms with Crippen LogP contribution in [0, 0.1) is 10.1 Å². The molecule has 0 saturated heterocycles. The summed E-state index contributed by atoms with van der Waals surface area (Å²) in [6.07, 6.45) is 2.21. The van der Waals surface area contributed by atoms with Crippen LogP contribution in [0.5, 0.6) is 0 Å². The maximum absolute atomic E-state index is 11.0. The molecule has 0 bridgehead atoms. The SMILES string of the molecule is CCCCNc1nc(-c2ccc([N+](=O)[O-])cc2)c(Sc2ccc(C(C)(C)C)cc2)s1. The lowest BCUT2D eigenvalue weighted by Gasteiger charge is -2.19. The molecule has 2 aromatic carbocycles. The first-order valence-electron chi connectivity index (χ1n) is 10.1. The number of hydrogen-bond acceptors (Lipinski definition) is 6. The first-order valence-corrected chi connectivity index (χ1v) is 11.7. The number of anilines is 1. The van der Waals surface area contributed by atoms with Crippen LogP contribution in [0.2, 0.25) is 0 Å². The third-order valence-corrected chi connectivity index (χ3v) is 6.88. The van der Waals surface area contributed by atoms with Gasteiger partial charge in [-0.15, -0.1) is 0 Å². The molecule has 0 fully saturated rings. The number of non-ortho nitro benzene ring substituents is 1. The molecule has 3 aromatic rings. The maximum Gasteiger partial charge on any atom is 0.269 e. The minimum Gasteiger partial charge on any atom is -0.361 e. The van der Waals surface area contributed by atoms with Gasteiger partial charge in [0.1, 0.15) is 0 Å². The fraction of sp³-hybridized carbons (Fsp3) is 0.348. The van der Waals surface area contributed by atoms with E-state index in [-0.39, 0.29) is 16.0 Å². The lowest BCUT2D eigenvalue weighted by molar-refractivity contribution is -0.384. The predicted octanol–water partition coefficient (Wildman–Crippen LogP) is 7.38. The first-order chi connectivity index (χ1) is 14.3. The average molecular weight is 442 g/mol. The Morgan fingerprint density at radius 3 is 2.33 bits per heavy atom. The van der Waals surface area contributed by atoms with Crippen molar-refractivity contribution in [3.8, 4) is 11.3 Å². The molecule has 0 aliphatic carbocycles. The molecule has 0 unspecified atom stereocenters. The van der Waals surface area contributed by atoms with Gasteiger partial charge in [0.2, 0.25) is 0 Å². The monoisotopic (exact) mass is 441 g/mol. The molecular formula is C23H27N3O2S2. The van der Waals surface area contributed by atoms with E-state index in [1.165, 1.54) is 17.7 Å². The summed E-state index contributed by atoms with van der Waals surface area (Å²) in [5.41, 5.74) is 3.25. The summed E-state index contributed by atoms with van der Waals surface area (Å²) in [6.45, 7) is 9.67. The van der Waals surface area contributed by atoms with E-state index in [9.17, 15) is 10.1 Å². The number of benzene rings is 2. The standard InChI is InChI=1S/C23H27N3O2S2/c1-5-6-15-24-22-25-20(16-7-11-18(12-8-16)26(27)28)21(30-22)29-19-13-9-17(10-14-19)23(2,3)4/h7-14H,5-6,15H2,1-4H3,(H,24,25). The highest BCUT2D eigenvalue weighted by Gasteiger charge is 2.17. The Hall–Kier alpha value is -2.38. The molecule has 7 heteroatoms. The van der Waals surface area contributed by atoms with Gasteiger partial charge < -0.3 is 5.32 Å². The van der Waals surface area contributed by atoms with Crippen LogP contribution in [0.1, 0.15) is 46.1 Å². The lowest BCUT2D eigenvalue weighted by atomic mass is 9.87. The zero-order valence-corrected chi connectivity index (χ0v) is 19.4. The van der Waals surface area contributed by atoms with Gasteiger partial charge in [-0.25, -0.2) is 4.98 Å². The Bertz CT molecular complexity index is 991. The number of nitro benzene ring substituents is 1. The molecule has 3 rings (SSSR count). The molecule has 158 valence electrons. The topological polar surface area (TPSA) is 68.1 Å². The second kappa shape index (κ2) is 9.62. The largest absolute Gasteiger partial charge is 0.361 e. The molecule has 5 nitrogen and oxygen atoms in total. The minimum absolute atomic E-state index is 0.0854. The zero-order chi connectivity index (χ0) is 21.7. The van der Waals surface area contributed by atoms with Crippen LogP contribution in [-0.4, -0.2) is 16.5 Å². The van der Waals surface area contributed by atoms with Crippen LogP contribution >= 0.6 is 23.1 Å². The second-order valence-corrected chi connectivity index (χ2v) is 10.5. The summed E-state index contributed by atoms with van der Waals surface area (Å²) < 4.78 is 1.08. The van der Waals surface area contributed by atoms with Crippen LogP contribution in [-0.2, 0) is 5.41 Å². The summed E-state index contributed by atoms with van der Waals surface area (Å²) in [6, 6.07) is 15.3. The molecule has 0 atom stereocenters. The number of hydrogen-bond donors (Lipinski definition) is 1. The van der Waals surface area contributed by atoms with E-state index in [0.717, 1.165) is 44.9 Å². The van der Waals surface area contributed by atoms with Gasteiger partial charge in [0.05, 0.1) is 14.8 Å². The number of nitrogens with zero attached hydrogens (tertiary/aromatic N) is 2. The van der Waals surface area contributed by atoms with E-state index < -0.39 is 0 Å². The van der Waals surface area contributed by atoms with E-state index in [1.54, 1.807) is 35.2 Å². The number of nitrogens with one attached hydrogen (secondary N) is 1. The zero-order valence-electron chi connectivity index (χ0n) is 17.8. The van der Waals surface area contributed by atoms with Crippen molar-refractivity contribution in [2.45, 2.75) is 55.1 Å². The smallest absolute Gasteiger partial charge is 0.269 e. The Balaban J connectivity index is 1.90. The quantitative estimate of drug-likeness (QED) is 0.224. The number of thiazole rings is 1. The average Bonchev–Trinajstić information content (AvgIpc) is 3.10. The summed E-state index contributed by atoms with van der Waals surface area (Å²) in [5, 5.41) is 15.3. The van der Waals surface area contributed by atoms with Crippen molar-refractivity contribution >= 4 is 33.9 Å². The molecule has 0 amide bonds. The maximum atomic E-state index is 11.0. The highest BCUT2D eigenvalue weighted by Crippen LogP contribution is 2.42. The molecule has 1 N–H and O–H groups in total. The van der Waals surface area contributed by atoms with E-state index in [2.05, 4.69) is 57.3 Å². The molecule has 0 aliphatic rings. The van der Waals surface area contributed by atoms with Crippen molar-refractivity contribution in [1.29, 1.82) is 0 Å². The molecule has 0 aliphatic heterocycles. The molecule has 1 aromatic heterocycles. The second-order valence-electron chi connectivity index (χ2n) is 8.12. The third kappa shape index (κ3) is 5.61. The lowest BCUT2D eigenvalue weighted by Crippen LogP contribution is -2.10. The van der Waals surface area contributed by atoms with Gasteiger partial charge in [0.25, 0.3) is 5.69 Å². The van der Waals surface area contributed by atoms with Gasteiger partial charge in [-0.05, 0) is 41.7 Å². The minimum atomic E-state index is -0.380. The Kier molecular flexibility index (Phi) is 7.15. The molecule has 0 radical (unpaired) electrons. The third-order valence-electron chi connectivity index (χ3n) is 4.69. The highest BCUT2D eigenvalue weighted by atomic mass is 32.2. The number of rotatable bonds is 8. The fourth-order valence-electron chi connectivity index (χ4n) is 2.88. The van der Waals surface area contributed by atoms with Gasteiger partial charge in [-0.2, -0.15) is 0 Å². The first kappa shape index (κ1) is 22.3. The van der Waals surface area contributed by atoms with Crippen LogP contribution in [0.25, 0.3) is 11.3 Å². The van der Waals surface area contributed by atoms with Crippen molar-refractivity contribution in [3.05, 3.63) is 64.2 Å². The van der Waals surface area contributed by atoms with Crippen LogP contribution < -0.4 is 5.32 Å². The molecule has 0 spiro atoms. The Labute approximate surface area is 186 Å². The van der Waals surface area contributed by atoms with E-state index >= 15 is 0 Å². The summed E-state index contributed by atoms with van der Waals surface area (Å²) in [5.74, 6) is 0. The van der Waals surface area contributed by atoms with Gasteiger partial charge >= 0.3 is 0 Å². The number of aromatic nitrogens is 1. The van der Waals surface area contributed by atoms with Crippen molar-refractivity contribution in [1.82, 2.24) is 4.98 Å². The van der Waals surface area contributed by atoms with Crippen LogP contribution in [0.15, 0.2) is 57.6 Å². The van der Waals surface area contributed by atoms with Crippen LogP contribution in [0.4, 0.5) is 10.8 Å². The summed E-state index contributed by atoms with van der Waals surface area (Å²) >= 11 is 3.31. The number of nitro groups is 1. The van der Waals surface area contributed by atoms with Gasteiger partial charge in [-0.3, -0.25) is 10.1 Å². The van der Waals surface area contributed by atoms with Crippen molar-refractivity contribution < 1.29 is 4.92 Å². The molecular weight excluding hydrogens is 414 g/mol. The fourth-order valence-corrected chi connectivity index (χ4v) is 5.06. The molecule has 1 heterocycles. The Morgan fingerprint density at radius 1 is 1.10 bits per heavy atom.